The summed E-state index contributed by atoms with van der Waals surface area (Å²) >= 11 is 2.27. The van der Waals surface area contributed by atoms with E-state index in [1.165, 1.54) is 3.57 Å². The molecule has 0 aliphatic carbocycles. The summed E-state index contributed by atoms with van der Waals surface area (Å²) in [5.41, 5.74) is 1.12. The van der Waals surface area contributed by atoms with Gasteiger partial charge in [-0.3, -0.25) is 0 Å². The minimum Gasteiger partial charge on any atom is -0.496 e. The number of aliphatic hydroxyl groups excluding tert-OH is 1. The Hall–Kier alpha value is -0.330. The predicted octanol–water partition coefficient (Wildman–Crippen LogP) is 1.38. The number of ether oxygens (including phenoxy) is 1. The molecule has 3 nitrogen and oxygen atoms in total. The van der Waals surface area contributed by atoms with Gasteiger partial charge in [0.15, 0.2) is 0 Å². The van der Waals surface area contributed by atoms with E-state index >= 15 is 0 Å². The van der Waals surface area contributed by atoms with Crippen molar-refractivity contribution >= 4 is 22.6 Å². The second-order valence-electron chi connectivity index (χ2n) is 2.86. The van der Waals surface area contributed by atoms with Crippen LogP contribution in [0.3, 0.4) is 0 Å². The first-order chi connectivity index (χ1) is 6.77. The number of hydrogen-bond donors (Lipinski definition) is 2. The van der Waals surface area contributed by atoms with E-state index in [9.17, 15) is 0 Å². The molecule has 0 fully saturated rings. The Labute approximate surface area is 97.6 Å². The minimum absolute atomic E-state index is 0.159. The lowest BCUT2D eigenvalue weighted by Crippen LogP contribution is -2.17. The number of methoxy groups -OCH3 is 1. The van der Waals surface area contributed by atoms with Crippen LogP contribution in [0.2, 0.25) is 0 Å². The second kappa shape index (κ2) is 6.21. The molecule has 14 heavy (non-hydrogen) atoms. The topological polar surface area (TPSA) is 41.5 Å². The van der Waals surface area contributed by atoms with Crippen LogP contribution >= 0.6 is 22.6 Å². The molecular formula is C10H14INO2. The molecule has 0 aliphatic rings. The van der Waals surface area contributed by atoms with E-state index in [-0.39, 0.29) is 6.61 Å². The number of hydrogen-bond acceptors (Lipinski definition) is 3. The third-order valence-electron chi connectivity index (χ3n) is 1.85. The zero-order valence-electron chi connectivity index (χ0n) is 8.09. The number of nitrogens with one attached hydrogen (secondary N) is 1. The van der Waals surface area contributed by atoms with Gasteiger partial charge >= 0.3 is 0 Å². The van der Waals surface area contributed by atoms with Gasteiger partial charge in [0.1, 0.15) is 5.75 Å². The van der Waals surface area contributed by atoms with Crippen molar-refractivity contribution in [2.24, 2.45) is 0 Å². The quantitative estimate of drug-likeness (QED) is 0.638. The first-order valence-corrected chi connectivity index (χ1v) is 5.50. The third-order valence-corrected chi connectivity index (χ3v) is 2.52. The average molecular weight is 307 g/mol. The molecule has 0 spiro atoms. The van der Waals surface area contributed by atoms with Gasteiger partial charge in [0.05, 0.1) is 13.7 Å². The fourth-order valence-electron chi connectivity index (χ4n) is 1.19. The highest BCUT2D eigenvalue weighted by atomic mass is 127. The van der Waals surface area contributed by atoms with Crippen molar-refractivity contribution in [1.29, 1.82) is 0 Å². The molecule has 1 rings (SSSR count). The zero-order chi connectivity index (χ0) is 10.4. The van der Waals surface area contributed by atoms with E-state index < -0.39 is 0 Å². The summed E-state index contributed by atoms with van der Waals surface area (Å²) in [5, 5.41) is 11.8. The Kier molecular flexibility index (Phi) is 5.21. The van der Waals surface area contributed by atoms with E-state index in [1.54, 1.807) is 7.11 Å². The van der Waals surface area contributed by atoms with Crippen LogP contribution < -0.4 is 10.1 Å². The highest BCUT2D eigenvalue weighted by molar-refractivity contribution is 14.1. The van der Waals surface area contributed by atoms with E-state index in [4.69, 9.17) is 9.84 Å². The molecule has 0 unspecified atom stereocenters. The van der Waals surface area contributed by atoms with Crippen molar-refractivity contribution in [1.82, 2.24) is 5.32 Å². The number of aliphatic hydroxyl groups is 1. The van der Waals surface area contributed by atoms with E-state index in [2.05, 4.69) is 34.0 Å². The molecule has 0 amide bonds. The van der Waals surface area contributed by atoms with Gasteiger partial charge in [0.25, 0.3) is 0 Å². The van der Waals surface area contributed by atoms with Crippen LogP contribution in [0.5, 0.6) is 5.75 Å². The number of benzene rings is 1. The lowest BCUT2D eigenvalue weighted by molar-refractivity contribution is 0.291. The molecule has 2 N–H and O–H groups in total. The van der Waals surface area contributed by atoms with Crippen LogP contribution in [0.1, 0.15) is 5.56 Å². The predicted molar refractivity (Wildman–Crippen MR) is 64.5 cm³/mol. The molecule has 0 radical (unpaired) electrons. The molecule has 0 aliphatic heterocycles. The molecule has 0 heterocycles. The van der Waals surface area contributed by atoms with Crippen molar-refractivity contribution in [3.8, 4) is 5.75 Å². The molecule has 4 heteroatoms. The van der Waals surface area contributed by atoms with Crippen molar-refractivity contribution in [3.63, 3.8) is 0 Å². The molecule has 0 aromatic heterocycles. The highest BCUT2D eigenvalue weighted by Crippen LogP contribution is 2.20. The second-order valence-corrected chi connectivity index (χ2v) is 4.10. The first-order valence-electron chi connectivity index (χ1n) is 4.42. The molecule has 0 saturated heterocycles. The SMILES string of the molecule is COc1ccc(I)cc1CNCCO. The normalized spacial score (nSPS) is 10.2. The molecule has 1 aromatic rings. The van der Waals surface area contributed by atoms with Crippen LogP contribution in [-0.4, -0.2) is 25.4 Å². The standard InChI is InChI=1S/C10H14INO2/c1-14-10-3-2-9(11)6-8(10)7-12-4-5-13/h2-3,6,12-13H,4-5,7H2,1H3. The van der Waals surface area contributed by atoms with Gasteiger partial charge in [-0.2, -0.15) is 0 Å². The molecule has 0 bridgehead atoms. The summed E-state index contributed by atoms with van der Waals surface area (Å²) in [6, 6.07) is 6.04. The number of halogens is 1. The fourth-order valence-corrected chi connectivity index (χ4v) is 1.74. The van der Waals surface area contributed by atoms with Crippen LogP contribution in [0.15, 0.2) is 18.2 Å². The van der Waals surface area contributed by atoms with Crippen LogP contribution in [0, 0.1) is 3.57 Å². The molecule has 78 valence electrons. The maximum Gasteiger partial charge on any atom is 0.123 e. The Morgan fingerprint density at radius 2 is 2.29 bits per heavy atom. The monoisotopic (exact) mass is 307 g/mol. The van der Waals surface area contributed by atoms with Gasteiger partial charge < -0.3 is 15.2 Å². The van der Waals surface area contributed by atoms with Gasteiger partial charge in [0, 0.05) is 22.2 Å². The van der Waals surface area contributed by atoms with Crippen molar-refractivity contribution in [2.45, 2.75) is 6.54 Å². The van der Waals surface area contributed by atoms with E-state index in [0.29, 0.717) is 6.54 Å². The summed E-state index contributed by atoms with van der Waals surface area (Å²) in [4.78, 5) is 0. The summed E-state index contributed by atoms with van der Waals surface area (Å²) in [7, 11) is 1.66. The van der Waals surface area contributed by atoms with E-state index in [0.717, 1.165) is 17.9 Å². The summed E-state index contributed by atoms with van der Waals surface area (Å²) in [6.07, 6.45) is 0. The average Bonchev–Trinajstić information content (AvgIpc) is 2.19. The molecular weight excluding hydrogens is 293 g/mol. The van der Waals surface area contributed by atoms with Crippen molar-refractivity contribution in [2.75, 3.05) is 20.3 Å². The van der Waals surface area contributed by atoms with Gasteiger partial charge in [-0.15, -0.1) is 0 Å². The van der Waals surface area contributed by atoms with Gasteiger partial charge in [0.2, 0.25) is 0 Å². The van der Waals surface area contributed by atoms with Crippen LogP contribution in [0.4, 0.5) is 0 Å². The van der Waals surface area contributed by atoms with Gasteiger partial charge in [-0.05, 0) is 40.8 Å². The fraction of sp³-hybridized carbons (Fsp3) is 0.400. The lowest BCUT2D eigenvalue weighted by Gasteiger charge is -2.09. The zero-order valence-corrected chi connectivity index (χ0v) is 10.2. The highest BCUT2D eigenvalue weighted by Gasteiger charge is 2.02. The summed E-state index contributed by atoms with van der Waals surface area (Å²) < 4.78 is 6.41. The Morgan fingerprint density at radius 3 is 2.93 bits per heavy atom. The summed E-state index contributed by atoms with van der Waals surface area (Å²) in [6.45, 7) is 1.49. The minimum atomic E-state index is 0.159. The third kappa shape index (κ3) is 3.43. The van der Waals surface area contributed by atoms with Crippen LogP contribution in [-0.2, 0) is 6.54 Å². The maximum absolute atomic E-state index is 8.63. The molecule has 0 atom stereocenters. The van der Waals surface area contributed by atoms with E-state index in [1.807, 2.05) is 12.1 Å². The lowest BCUT2D eigenvalue weighted by atomic mass is 10.2. The smallest absolute Gasteiger partial charge is 0.123 e. The Balaban J connectivity index is 2.67. The number of rotatable bonds is 5. The maximum atomic E-state index is 8.63. The van der Waals surface area contributed by atoms with Gasteiger partial charge in [-0.25, -0.2) is 0 Å². The molecule has 0 saturated carbocycles. The largest absolute Gasteiger partial charge is 0.496 e. The Bertz CT molecular complexity index is 291. The molecule has 1 aromatic carbocycles. The Morgan fingerprint density at radius 1 is 1.50 bits per heavy atom. The van der Waals surface area contributed by atoms with Crippen molar-refractivity contribution in [3.05, 3.63) is 27.3 Å². The van der Waals surface area contributed by atoms with Crippen LogP contribution in [0.25, 0.3) is 0 Å². The first kappa shape index (κ1) is 11.7. The van der Waals surface area contributed by atoms with Crippen molar-refractivity contribution < 1.29 is 9.84 Å². The summed E-state index contributed by atoms with van der Waals surface area (Å²) in [5.74, 6) is 0.885. The van der Waals surface area contributed by atoms with Gasteiger partial charge in [-0.1, -0.05) is 0 Å².